The van der Waals surface area contributed by atoms with Gasteiger partial charge in [0.25, 0.3) is 5.91 Å². The molecule has 110 valence electrons. The zero-order chi connectivity index (χ0) is 15.4. The molecule has 6 nitrogen and oxygen atoms in total. The minimum absolute atomic E-state index is 0.0113. The number of aryl methyl sites for hydroxylation is 1. The number of carboxylic acid groups (broad SMARTS) is 1. The highest BCUT2D eigenvalue weighted by Crippen LogP contribution is 2.20. The molecular weight excluding hydrogens is 338 g/mol. The molecule has 0 atom stereocenters. The zero-order valence-electron chi connectivity index (χ0n) is 11.3. The Morgan fingerprint density at radius 2 is 2.19 bits per heavy atom. The van der Waals surface area contributed by atoms with Gasteiger partial charge in [0.2, 0.25) is 0 Å². The lowest BCUT2D eigenvalue weighted by Crippen LogP contribution is -2.27. The first-order valence-electron chi connectivity index (χ1n) is 6.27. The van der Waals surface area contributed by atoms with Gasteiger partial charge in [0.1, 0.15) is 0 Å². The van der Waals surface area contributed by atoms with Crippen LogP contribution in [0, 0.1) is 6.92 Å². The van der Waals surface area contributed by atoms with E-state index in [2.05, 4.69) is 26.2 Å². The normalized spacial score (nSPS) is 10.4. The summed E-state index contributed by atoms with van der Waals surface area (Å²) in [7, 11) is 0. The molecule has 0 aliphatic heterocycles. The Hall–Kier alpha value is -2.15. The molecular formula is C14H14BrN3O3. The number of aromatic nitrogens is 2. The van der Waals surface area contributed by atoms with E-state index in [-0.39, 0.29) is 11.6 Å². The van der Waals surface area contributed by atoms with Crippen LogP contribution in [0.4, 0.5) is 0 Å². The molecule has 0 saturated carbocycles. The molecule has 1 amide bonds. The van der Waals surface area contributed by atoms with Gasteiger partial charge in [-0.15, -0.1) is 0 Å². The second-order valence-corrected chi connectivity index (χ2v) is 5.29. The van der Waals surface area contributed by atoms with Crippen LogP contribution < -0.4 is 5.32 Å². The summed E-state index contributed by atoms with van der Waals surface area (Å²) < 4.78 is 2.40. The summed E-state index contributed by atoms with van der Waals surface area (Å²) in [5.41, 5.74) is 1.55. The first-order valence-corrected chi connectivity index (χ1v) is 7.06. The summed E-state index contributed by atoms with van der Waals surface area (Å²) in [5.74, 6) is -1.24. The number of aromatic carboxylic acids is 1. The maximum atomic E-state index is 12.1. The lowest BCUT2D eigenvalue weighted by Gasteiger charge is -2.08. The predicted molar refractivity (Wildman–Crippen MR) is 80.4 cm³/mol. The third-order valence-corrected chi connectivity index (χ3v) is 4.00. The van der Waals surface area contributed by atoms with E-state index in [1.807, 2.05) is 19.1 Å². The van der Waals surface area contributed by atoms with Crippen LogP contribution in [0.3, 0.4) is 0 Å². The summed E-state index contributed by atoms with van der Waals surface area (Å²) in [6.45, 7) is 2.75. The van der Waals surface area contributed by atoms with E-state index in [0.29, 0.717) is 18.7 Å². The van der Waals surface area contributed by atoms with Crippen molar-refractivity contribution in [3.63, 3.8) is 0 Å². The number of carboxylic acids is 1. The van der Waals surface area contributed by atoms with Gasteiger partial charge in [-0.1, -0.05) is 12.1 Å². The second kappa shape index (κ2) is 6.53. The van der Waals surface area contributed by atoms with Gasteiger partial charge in [0.15, 0.2) is 5.69 Å². The van der Waals surface area contributed by atoms with Gasteiger partial charge in [0, 0.05) is 23.8 Å². The highest BCUT2D eigenvalue weighted by atomic mass is 79.9. The molecule has 0 aliphatic rings. The van der Waals surface area contributed by atoms with Crippen LogP contribution in [-0.4, -0.2) is 33.1 Å². The molecule has 2 N–H and O–H groups in total. The lowest BCUT2D eigenvalue weighted by atomic mass is 10.1. The number of rotatable bonds is 5. The zero-order valence-corrected chi connectivity index (χ0v) is 12.9. The van der Waals surface area contributed by atoms with Crippen molar-refractivity contribution < 1.29 is 14.7 Å². The van der Waals surface area contributed by atoms with E-state index < -0.39 is 5.97 Å². The van der Waals surface area contributed by atoms with Crippen molar-refractivity contribution in [2.75, 3.05) is 6.54 Å². The summed E-state index contributed by atoms with van der Waals surface area (Å²) in [6.07, 6.45) is 2.86. The highest BCUT2D eigenvalue weighted by molar-refractivity contribution is 9.10. The van der Waals surface area contributed by atoms with E-state index in [1.165, 1.54) is 12.5 Å². The standard InChI is InChI=1S/C14H14BrN3O3/c1-9-3-2-4-10(12(9)15)13(19)16-5-6-18-7-11(14(20)21)17-8-18/h2-4,7-8H,5-6H2,1H3,(H,16,19)(H,20,21). The van der Waals surface area contributed by atoms with Crippen molar-refractivity contribution >= 4 is 27.8 Å². The molecule has 1 aromatic carbocycles. The minimum atomic E-state index is -1.07. The molecule has 0 aliphatic carbocycles. The Bertz CT molecular complexity index is 682. The molecule has 2 aromatic rings. The van der Waals surface area contributed by atoms with Crippen LogP contribution in [0.5, 0.6) is 0 Å². The summed E-state index contributed by atoms with van der Waals surface area (Å²) in [6, 6.07) is 5.48. The van der Waals surface area contributed by atoms with Crippen LogP contribution in [0.15, 0.2) is 35.2 Å². The summed E-state index contributed by atoms with van der Waals surface area (Å²) >= 11 is 3.40. The average molecular weight is 352 g/mol. The van der Waals surface area contributed by atoms with Crippen molar-refractivity contribution in [3.8, 4) is 0 Å². The van der Waals surface area contributed by atoms with Gasteiger partial charge in [-0.2, -0.15) is 0 Å². The molecule has 2 rings (SSSR count). The van der Waals surface area contributed by atoms with Crippen molar-refractivity contribution in [1.29, 1.82) is 0 Å². The Kier molecular flexibility index (Phi) is 4.74. The van der Waals surface area contributed by atoms with Crippen LogP contribution in [0.1, 0.15) is 26.4 Å². The highest BCUT2D eigenvalue weighted by Gasteiger charge is 2.11. The van der Waals surface area contributed by atoms with E-state index in [4.69, 9.17) is 5.11 Å². The number of halogens is 1. The van der Waals surface area contributed by atoms with Crippen LogP contribution in [0.2, 0.25) is 0 Å². The number of benzene rings is 1. The van der Waals surface area contributed by atoms with Gasteiger partial charge in [-0.3, -0.25) is 4.79 Å². The molecule has 7 heteroatoms. The van der Waals surface area contributed by atoms with E-state index in [0.717, 1.165) is 10.0 Å². The summed E-state index contributed by atoms with van der Waals surface area (Å²) in [5, 5.41) is 11.6. The maximum Gasteiger partial charge on any atom is 0.356 e. The molecule has 0 fully saturated rings. The lowest BCUT2D eigenvalue weighted by molar-refractivity contribution is 0.0690. The van der Waals surface area contributed by atoms with Gasteiger partial charge < -0.3 is 15.0 Å². The average Bonchev–Trinajstić information content (AvgIpc) is 2.91. The number of nitrogens with zero attached hydrogens (tertiary/aromatic N) is 2. The van der Waals surface area contributed by atoms with Crippen LogP contribution >= 0.6 is 15.9 Å². The monoisotopic (exact) mass is 351 g/mol. The minimum Gasteiger partial charge on any atom is -0.476 e. The fourth-order valence-electron chi connectivity index (χ4n) is 1.81. The Morgan fingerprint density at radius 1 is 1.43 bits per heavy atom. The fraction of sp³-hybridized carbons (Fsp3) is 0.214. The molecule has 1 aromatic heterocycles. The molecule has 0 saturated heterocycles. The van der Waals surface area contributed by atoms with Crippen LogP contribution in [0.25, 0.3) is 0 Å². The smallest absolute Gasteiger partial charge is 0.356 e. The van der Waals surface area contributed by atoms with Crippen molar-refractivity contribution in [2.24, 2.45) is 0 Å². The maximum absolute atomic E-state index is 12.1. The van der Waals surface area contributed by atoms with Gasteiger partial charge in [-0.25, -0.2) is 9.78 Å². The largest absolute Gasteiger partial charge is 0.476 e. The molecule has 0 unspecified atom stereocenters. The van der Waals surface area contributed by atoms with Gasteiger partial charge >= 0.3 is 5.97 Å². The van der Waals surface area contributed by atoms with Gasteiger partial charge in [0.05, 0.1) is 11.9 Å². The summed E-state index contributed by atoms with van der Waals surface area (Å²) in [4.78, 5) is 26.5. The number of carbonyl (C=O) groups excluding carboxylic acids is 1. The first kappa shape index (κ1) is 15.2. The van der Waals surface area contributed by atoms with Crippen LogP contribution in [-0.2, 0) is 6.54 Å². The van der Waals surface area contributed by atoms with Gasteiger partial charge in [-0.05, 0) is 34.5 Å². The number of amides is 1. The molecule has 0 bridgehead atoms. The fourth-order valence-corrected chi connectivity index (χ4v) is 2.25. The first-order chi connectivity index (χ1) is 9.99. The number of carbonyl (C=O) groups is 2. The van der Waals surface area contributed by atoms with Crippen molar-refractivity contribution in [3.05, 3.63) is 52.0 Å². The topological polar surface area (TPSA) is 84.2 Å². The van der Waals surface area contributed by atoms with E-state index in [1.54, 1.807) is 10.6 Å². The molecule has 21 heavy (non-hydrogen) atoms. The SMILES string of the molecule is Cc1cccc(C(=O)NCCn2cnc(C(=O)O)c2)c1Br. The number of imidazole rings is 1. The van der Waals surface area contributed by atoms with E-state index in [9.17, 15) is 9.59 Å². The molecule has 0 spiro atoms. The Balaban J connectivity index is 1.92. The van der Waals surface area contributed by atoms with Crippen molar-refractivity contribution in [1.82, 2.24) is 14.9 Å². The number of hydrogen-bond donors (Lipinski definition) is 2. The predicted octanol–water partition coefficient (Wildman–Crippen LogP) is 2.08. The van der Waals surface area contributed by atoms with E-state index >= 15 is 0 Å². The Labute approximate surface area is 129 Å². The quantitative estimate of drug-likeness (QED) is 0.863. The molecule has 0 radical (unpaired) electrons. The Morgan fingerprint density at radius 3 is 2.86 bits per heavy atom. The second-order valence-electron chi connectivity index (χ2n) is 4.49. The third-order valence-electron chi connectivity index (χ3n) is 2.94. The van der Waals surface area contributed by atoms with Crippen molar-refractivity contribution in [2.45, 2.75) is 13.5 Å². The number of nitrogens with one attached hydrogen (secondary N) is 1. The number of hydrogen-bond acceptors (Lipinski definition) is 3. The molecule has 1 heterocycles. The third kappa shape index (κ3) is 3.69.